The van der Waals surface area contributed by atoms with Crippen LogP contribution in [0.25, 0.3) is 0 Å². The third-order valence-electron chi connectivity index (χ3n) is 2.99. The van der Waals surface area contributed by atoms with Gasteiger partial charge in [-0.3, -0.25) is 9.88 Å². The molecular weight excluding hydrogens is 238 g/mol. The lowest BCUT2D eigenvalue weighted by Gasteiger charge is -2.18. The van der Waals surface area contributed by atoms with Crippen LogP contribution in [-0.4, -0.2) is 24.0 Å². The number of hydrogen-bond acceptors (Lipinski definition) is 4. The zero-order valence-corrected chi connectivity index (χ0v) is 11.3. The Morgan fingerprint density at radius 1 is 1.16 bits per heavy atom. The lowest BCUT2D eigenvalue weighted by Crippen LogP contribution is -2.18. The van der Waals surface area contributed by atoms with Crippen molar-refractivity contribution in [3.63, 3.8) is 0 Å². The minimum Gasteiger partial charge on any atom is -0.497 e. The SMILES string of the molecule is COc1ccc(N)c(CN(C)Cc2ccncc2)c1. The molecule has 1 heterocycles. The summed E-state index contributed by atoms with van der Waals surface area (Å²) < 4.78 is 5.23. The number of hydrogen-bond donors (Lipinski definition) is 1. The predicted molar refractivity (Wildman–Crippen MR) is 76.8 cm³/mol. The number of aromatic nitrogens is 1. The van der Waals surface area contributed by atoms with Gasteiger partial charge >= 0.3 is 0 Å². The van der Waals surface area contributed by atoms with Crippen molar-refractivity contribution < 1.29 is 4.74 Å². The molecule has 0 saturated heterocycles. The van der Waals surface area contributed by atoms with E-state index in [0.717, 1.165) is 30.1 Å². The second-order valence-corrected chi connectivity index (χ2v) is 4.59. The van der Waals surface area contributed by atoms with Crippen molar-refractivity contribution in [2.24, 2.45) is 0 Å². The smallest absolute Gasteiger partial charge is 0.119 e. The average Bonchev–Trinajstić information content (AvgIpc) is 2.42. The summed E-state index contributed by atoms with van der Waals surface area (Å²) in [6, 6.07) is 9.78. The van der Waals surface area contributed by atoms with E-state index in [-0.39, 0.29) is 0 Å². The highest BCUT2D eigenvalue weighted by Crippen LogP contribution is 2.21. The van der Waals surface area contributed by atoms with Crippen LogP contribution >= 0.6 is 0 Å². The van der Waals surface area contributed by atoms with Crippen molar-refractivity contribution in [1.82, 2.24) is 9.88 Å². The van der Waals surface area contributed by atoms with Crippen molar-refractivity contribution in [2.75, 3.05) is 19.9 Å². The molecule has 2 aromatic rings. The maximum Gasteiger partial charge on any atom is 0.119 e. The van der Waals surface area contributed by atoms with Gasteiger partial charge in [0.25, 0.3) is 0 Å². The van der Waals surface area contributed by atoms with E-state index in [2.05, 4.69) is 16.9 Å². The molecule has 1 aromatic heterocycles. The van der Waals surface area contributed by atoms with Crippen LogP contribution in [0.1, 0.15) is 11.1 Å². The molecule has 0 aliphatic carbocycles. The second kappa shape index (κ2) is 6.20. The van der Waals surface area contributed by atoms with E-state index in [0.29, 0.717) is 0 Å². The molecule has 0 saturated carbocycles. The molecule has 0 aliphatic heterocycles. The molecular formula is C15H19N3O. The lowest BCUT2D eigenvalue weighted by molar-refractivity contribution is 0.318. The number of benzene rings is 1. The van der Waals surface area contributed by atoms with Gasteiger partial charge in [0.2, 0.25) is 0 Å². The highest BCUT2D eigenvalue weighted by atomic mass is 16.5. The van der Waals surface area contributed by atoms with Crippen LogP contribution < -0.4 is 10.5 Å². The monoisotopic (exact) mass is 257 g/mol. The number of nitrogens with zero attached hydrogens (tertiary/aromatic N) is 2. The van der Waals surface area contributed by atoms with E-state index in [1.807, 2.05) is 42.7 Å². The Hall–Kier alpha value is -2.07. The Labute approximate surface area is 113 Å². The van der Waals surface area contributed by atoms with Crippen molar-refractivity contribution in [2.45, 2.75) is 13.1 Å². The van der Waals surface area contributed by atoms with E-state index in [1.54, 1.807) is 7.11 Å². The maximum absolute atomic E-state index is 5.99. The number of anilines is 1. The Morgan fingerprint density at radius 3 is 2.58 bits per heavy atom. The lowest BCUT2D eigenvalue weighted by atomic mass is 10.1. The Kier molecular flexibility index (Phi) is 4.36. The molecule has 1 aromatic carbocycles. The molecule has 4 nitrogen and oxygen atoms in total. The highest BCUT2D eigenvalue weighted by molar-refractivity contribution is 5.50. The summed E-state index contributed by atoms with van der Waals surface area (Å²) in [6.45, 7) is 1.64. The fourth-order valence-corrected chi connectivity index (χ4v) is 1.99. The standard InChI is InChI=1S/C15H19N3O/c1-18(10-12-5-7-17-8-6-12)11-13-9-14(19-2)3-4-15(13)16/h3-9H,10-11,16H2,1-2H3. The van der Waals surface area contributed by atoms with Gasteiger partial charge in [-0.05, 0) is 48.5 Å². The van der Waals surface area contributed by atoms with Crippen molar-refractivity contribution in [3.05, 3.63) is 53.9 Å². The molecule has 4 heteroatoms. The first-order chi connectivity index (χ1) is 9.19. The van der Waals surface area contributed by atoms with Crippen LogP contribution in [0.5, 0.6) is 5.75 Å². The molecule has 0 unspecified atom stereocenters. The Morgan fingerprint density at radius 2 is 1.89 bits per heavy atom. The Balaban J connectivity index is 2.04. The van der Waals surface area contributed by atoms with Crippen LogP contribution in [0, 0.1) is 0 Å². The van der Waals surface area contributed by atoms with Gasteiger partial charge in [-0.25, -0.2) is 0 Å². The van der Waals surface area contributed by atoms with Crippen LogP contribution in [0.15, 0.2) is 42.7 Å². The first kappa shape index (κ1) is 13.4. The first-order valence-corrected chi connectivity index (χ1v) is 6.19. The number of pyridine rings is 1. The predicted octanol–water partition coefficient (Wildman–Crippen LogP) is 2.30. The summed E-state index contributed by atoms with van der Waals surface area (Å²) in [6.07, 6.45) is 3.62. The molecule has 0 aliphatic rings. The molecule has 0 bridgehead atoms. The third kappa shape index (κ3) is 3.69. The summed E-state index contributed by atoms with van der Waals surface area (Å²) >= 11 is 0. The van der Waals surface area contributed by atoms with Crippen LogP contribution in [0.3, 0.4) is 0 Å². The van der Waals surface area contributed by atoms with Gasteiger partial charge in [0.15, 0.2) is 0 Å². The largest absolute Gasteiger partial charge is 0.497 e. The van der Waals surface area contributed by atoms with E-state index in [1.165, 1.54) is 5.56 Å². The summed E-state index contributed by atoms with van der Waals surface area (Å²) in [5.74, 6) is 0.835. The molecule has 0 amide bonds. The third-order valence-corrected chi connectivity index (χ3v) is 2.99. The highest BCUT2D eigenvalue weighted by Gasteiger charge is 2.06. The number of methoxy groups -OCH3 is 1. The van der Waals surface area contributed by atoms with Gasteiger partial charge in [-0.15, -0.1) is 0 Å². The molecule has 0 spiro atoms. The maximum atomic E-state index is 5.99. The van der Waals surface area contributed by atoms with Gasteiger partial charge in [0, 0.05) is 31.2 Å². The molecule has 100 valence electrons. The van der Waals surface area contributed by atoms with Gasteiger partial charge < -0.3 is 10.5 Å². The van der Waals surface area contributed by atoms with Crippen LogP contribution in [0.2, 0.25) is 0 Å². The van der Waals surface area contributed by atoms with Crippen LogP contribution in [-0.2, 0) is 13.1 Å². The second-order valence-electron chi connectivity index (χ2n) is 4.59. The number of nitrogen functional groups attached to an aromatic ring is 1. The average molecular weight is 257 g/mol. The quantitative estimate of drug-likeness (QED) is 0.835. The van der Waals surface area contributed by atoms with E-state index in [4.69, 9.17) is 10.5 Å². The summed E-state index contributed by atoms with van der Waals surface area (Å²) in [5.41, 5.74) is 9.10. The topological polar surface area (TPSA) is 51.4 Å². The fourth-order valence-electron chi connectivity index (χ4n) is 1.99. The minimum absolute atomic E-state index is 0.783. The number of ether oxygens (including phenoxy) is 1. The zero-order valence-electron chi connectivity index (χ0n) is 11.3. The van der Waals surface area contributed by atoms with E-state index < -0.39 is 0 Å². The fraction of sp³-hybridized carbons (Fsp3) is 0.267. The molecule has 0 fully saturated rings. The zero-order chi connectivity index (χ0) is 13.7. The first-order valence-electron chi connectivity index (χ1n) is 6.19. The van der Waals surface area contributed by atoms with Gasteiger partial charge in [-0.2, -0.15) is 0 Å². The molecule has 19 heavy (non-hydrogen) atoms. The van der Waals surface area contributed by atoms with Crippen molar-refractivity contribution in [1.29, 1.82) is 0 Å². The van der Waals surface area contributed by atoms with E-state index in [9.17, 15) is 0 Å². The van der Waals surface area contributed by atoms with Gasteiger partial charge in [0.05, 0.1) is 7.11 Å². The molecule has 2 rings (SSSR count). The van der Waals surface area contributed by atoms with Crippen molar-refractivity contribution in [3.8, 4) is 5.75 Å². The molecule has 0 radical (unpaired) electrons. The number of rotatable bonds is 5. The molecule has 2 N–H and O–H groups in total. The minimum atomic E-state index is 0.783. The Bertz CT molecular complexity index is 528. The normalized spacial score (nSPS) is 10.7. The number of nitrogens with two attached hydrogens (primary N) is 1. The summed E-state index contributed by atoms with van der Waals surface area (Å²) in [4.78, 5) is 6.23. The van der Waals surface area contributed by atoms with Crippen molar-refractivity contribution >= 4 is 5.69 Å². The summed E-state index contributed by atoms with van der Waals surface area (Å²) in [5, 5.41) is 0. The molecule has 0 atom stereocenters. The summed E-state index contributed by atoms with van der Waals surface area (Å²) in [7, 11) is 3.73. The van der Waals surface area contributed by atoms with Gasteiger partial charge in [-0.1, -0.05) is 0 Å². The van der Waals surface area contributed by atoms with E-state index >= 15 is 0 Å². The van der Waals surface area contributed by atoms with Gasteiger partial charge in [0.1, 0.15) is 5.75 Å². The van der Waals surface area contributed by atoms with Crippen LogP contribution in [0.4, 0.5) is 5.69 Å².